The lowest BCUT2D eigenvalue weighted by Crippen LogP contribution is -2.10. The Morgan fingerprint density at radius 3 is 1.98 bits per heavy atom. The summed E-state index contributed by atoms with van der Waals surface area (Å²) in [7, 11) is 0. The van der Waals surface area contributed by atoms with Gasteiger partial charge in [0.25, 0.3) is 0 Å². The number of para-hydroxylation sites is 2. The van der Waals surface area contributed by atoms with Crippen LogP contribution in [0.5, 0.6) is 0 Å². The first kappa shape index (κ1) is 22.7. The smallest absolute Gasteiger partial charge is 0.137 e. The maximum Gasteiger partial charge on any atom is 0.137 e. The van der Waals surface area contributed by atoms with Gasteiger partial charge in [0.15, 0.2) is 0 Å². The molecule has 2 aromatic heterocycles. The molecule has 0 fully saturated rings. The lowest BCUT2D eigenvalue weighted by atomic mass is 9.97. The first-order valence-corrected chi connectivity index (χ1v) is 17.4. The van der Waals surface area contributed by atoms with E-state index in [0.717, 1.165) is 32.7 Å². The third kappa shape index (κ3) is 4.75. The zero-order chi connectivity index (χ0) is 41.8. The summed E-state index contributed by atoms with van der Waals surface area (Å²) in [6, 6.07) is 41.8. The van der Waals surface area contributed by atoms with Crippen LogP contribution in [0.2, 0.25) is 0 Å². The molecule has 0 aliphatic heterocycles. The highest BCUT2D eigenvalue weighted by Crippen LogP contribution is 2.44. The summed E-state index contributed by atoms with van der Waals surface area (Å²) >= 11 is 0. The Kier molecular flexibility index (Phi) is 5.01. The normalized spacial score (nSPS) is 13.9. The second kappa shape index (κ2) is 11.7. The first-order chi connectivity index (χ1) is 29.6. The molecule has 0 spiro atoms. The number of hydrogen-bond donors (Lipinski definition) is 0. The lowest BCUT2D eigenvalue weighted by Gasteiger charge is -2.26. The zero-order valence-corrected chi connectivity index (χ0v) is 28.0. The highest BCUT2D eigenvalue weighted by Gasteiger charge is 2.20. The van der Waals surface area contributed by atoms with Crippen molar-refractivity contribution < 1.29 is 19.8 Å². The van der Waals surface area contributed by atoms with Gasteiger partial charge in [0.05, 0.1) is 22.0 Å². The fraction of sp³-hybridized carbons (Fsp3) is 0. The molecule has 2 heterocycles. The van der Waals surface area contributed by atoms with Gasteiger partial charge in [-0.05, 0) is 104 Å². The number of hydrogen-bond acceptors (Lipinski definition) is 3. The number of rotatable bonds is 5. The van der Waals surface area contributed by atoms with Crippen molar-refractivity contribution in [3.05, 3.63) is 188 Å². The van der Waals surface area contributed by atoms with Gasteiger partial charge in [0.2, 0.25) is 0 Å². The van der Waals surface area contributed by atoms with Gasteiger partial charge in [0, 0.05) is 27.5 Å². The second-order valence-electron chi connectivity index (χ2n) is 13.0. The molecule has 0 atom stereocenters. The minimum absolute atomic E-state index is 0.0190. The Hall–Kier alpha value is -7.10. The van der Waals surface area contributed by atoms with Crippen molar-refractivity contribution in [2.24, 2.45) is 0 Å². The van der Waals surface area contributed by atoms with Crippen LogP contribution < -0.4 is 4.90 Å². The maximum atomic E-state index is 9.64. The third-order valence-electron chi connectivity index (χ3n) is 9.98. The predicted octanol–water partition coefficient (Wildman–Crippen LogP) is 14.6. The molecule has 3 nitrogen and oxygen atoms in total. The molecule has 0 saturated carbocycles. The van der Waals surface area contributed by atoms with E-state index in [9.17, 15) is 6.85 Å². The van der Waals surface area contributed by atoms with Crippen LogP contribution in [0.1, 0.15) is 11.0 Å². The van der Waals surface area contributed by atoms with Crippen LogP contribution in [0.15, 0.2) is 197 Å². The van der Waals surface area contributed by atoms with Crippen LogP contribution in [0.3, 0.4) is 0 Å². The average Bonchev–Trinajstić information content (AvgIpc) is 3.86. The highest BCUT2D eigenvalue weighted by atomic mass is 16.3. The van der Waals surface area contributed by atoms with Crippen molar-refractivity contribution in [3.8, 4) is 22.3 Å². The van der Waals surface area contributed by atoms with E-state index in [4.69, 9.17) is 12.9 Å². The number of furan rings is 2. The Balaban J connectivity index is 1.14. The molecule has 11 rings (SSSR count). The number of benzene rings is 9. The van der Waals surface area contributed by atoms with Gasteiger partial charge < -0.3 is 13.7 Å². The van der Waals surface area contributed by atoms with Gasteiger partial charge in [-0.3, -0.25) is 0 Å². The maximum absolute atomic E-state index is 9.64. The molecular formula is C50H31NO2. The van der Waals surface area contributed by atoms with E-state index in [1.165, 1.54) is 6.07 Å². The molecule has 0 radical (unpaired) electrons. The topological polar surface area (TPSA) is 29.5 Å². The fourth-order valence-electron chi connectivity index (χ4n) is 7.53. The summed E-state index contributed by atoms with van der Waals surface area (Å²) in [6.45, 7) is 0. The average molecular weight is 686 g/mol. The van der Waals surface area contributed by atoms with Crippen LogP contribution in [-0.4, -0.2) is 0 Å². The van der Waals surface area contributed by atoms with Crippen LogP contribution >= 0.6 is 0 Å². The van der Waals surface area contributed by atoms with E-state index in [0.29, 0.717) is 44.3 Å². The summed E-state index contributed by atoms with van der Waals surface area (Å²) < 4.78 is 86.2. The van der Waals surface area contributed by atoms with Crippen molar-refractivity contribution in [2.75, 3.05) is 4.90 Å². The monoisotopic (exact) mass is 685 g/mol. The second-order valence-corrected chi connectivity index (χ2v) is 13.0. The van der Waals surface area contributed by atoms with Crippen LogP contribution in [0.25, 0.3) is 87.7 Å². The highest BCUT2D eigenvalue weighted by molar-refractivity contribution is 6.19. The van der Waals surface area contributed by atoms with Crippen LogP contribution in [-0.2, 0) is 0 Å². The molecule has 0 N–H and O–H groups in total. The van der Waals surface area contributed by atoms with Crippen molar-refractivity contribution in [1.82, 2.24) is 0 Å². The molecular weight excluding hydrogens is 647 g/mol. The molecule has 248 valence electrons. The van der Waals surface area contributed by atoms with Crippen molar-refractivity contribution in [1.29, 1.82) is 0 Å². The van der Waals surface area contributed by atoms with Gasteiger partial charge >= 0.3 is 0 Å². The Morgan fingerprint density at radius 2 is 1.09 bits per heavy atom. The van der Waals surface area contributed by atoms with Gasteiger partial charge in [-0.15, -0.1) is 0 Å². The van der Waals surface area contributed by atoms with Gasteiger partial charge in [-0.25, -0.2) is 0 Å². The van der Waals surface area contributed by atoms with Crippen LogP contribution in [0.4, 0.5) is 17.1 Å². The summed E-state index contributed by atoms with van der Waals surface area (Å²) in [5, 5.41) is 5.11. The largest absolute Gasteiger partial charge is 0.456 e. The summed E-state index contributed by atoms with van der Waals surface area (Å²) in [4.78, 5) is 1.76. The molecule has 0 aliphatic rings. The molecule has 0 unspecified atom stereocenters. The molecule has 0 aliphatic carbocycles. The molecule has 11 aromatic rings. The molecule has 0 bridgehead atoms. The van der Waals surface area contributed by atoms with E-state index in [-0.39, 0.29) is 76.1 Å². The molecule has 0 saturated heterocycles. The standard InChI is InChI=1S/C50H31NO2/c1-2-11-39-33(9-1)10-7-14-40(39)34-21-27-38(28-22-34)51(44-15-8-18-47-50(44)43-13-4-6-17-46(43)52-47)37-25-19-32(20-26-37)35-23-29-41-36(31-35)24-30-48-49(41)42-12-3-5-16-45(42)53-48/h1-31H/i12D,19D,20D,24D,25D,26D,29D,30D. The van der Waals surface area contributed by atoms with Gasteiger partial charge in [0.1, 0.15) is 22.3 Å². The zero-order valence-electron chi connectivity index (χ0n) is 36.0. The molecule has 9 aromatic carbocycles. The quantitative estimate of drug-likeness (QED) is 0.181. The summed E-state index contributed by atoms with van der Waals surface area (Å²) in [5.41, 5.74) is 5.11. The van der Waals surface area contributed by atoms with Crippen molar-refractivity contribution >= 4 is 82.5 Å². The SMILES string of the molecule is [2H]c1c([2H])c(N(c2ccc(-c3cccc4ccccc34)cc2)c2cccc3oc4ccccc4c23)c([2H])c([2H])c1-c1cc([2H])c2c(c1)c([2H])c([2H])c1oc3cccc([2H])c3c12. The predicted molar refractivity (Wildman–Crippen MR) is 222 cm³/mol. The summed E-state index contributed by atoms with van der Waals surface area (Å²) in [5.74, 6) is 0. The van der Waals surface area contributed by atoms with E-state index in [1.807, 2.05) is 84.9 Å². The van der Waals surface area contributed by atoms with Gasteiger partial charge in [-0.1, -0.05) is 127 Å². The van der Waals surface area contributed by atoms with E-state index in [2.05, 4.69) is 24.3 Å². The Morgan fingerprint density at radius 1 is 0.377 bits per heavy atom. The number of nitrogens with zero attached hydrogens (tertiary/aromatic N) is 1. The minimum Gasteiger partial charge on any atom is -0.456 e. The first-order valence-electron chi connectivity index (χ1n) is 21.4. The Bertz CT molecular complexity index is 3620. The van der Waals surface area contributed by atoms with Gasteiger partial charge in [-0.2, -0.15) is 0 Å². The third-order valence-corrected chi connectivity index (χ3v) is 9.98. The summed E-state index contributed by atoms with van der Waals surface area (Å²) in [6.07, 6.45) is 0. The van der Waals surface area contributed by atoms with E-state index in [1.54, 1.807) is 29.2 Å². The minimum atomic E-state index is -0.336. The number of fused-ring (bicyclic) bond motifs is 9. The van der Waals surface area contributed by atoms with E-state index < -0.39 is 0 Å². The molecule has 3 heteroatoms. The lowest BCUT2D eigenvalue weighted by molar-refractivity contribution is 0.668. The van der Waals surface area contributed by atoms with Crippen molar-refractivity contribution in [2.45, 2.75) is 0 Å². The van der Waals surface area contributed by atoms with Crippen LogP contribution in [0, 0.1) is 0 Å². The van der Waals surface area contributed by atoms with E-state index >= 15 is 0 Å². The number of anilines is 3. The Labute approximate surface area is 316 Å². The fourth-order valence-corrected chi connectivity index (χ4v) is 7.53. The molecule has 0 amide bonds. The molecule has 53 heavy (non-hydrogen) atoms. The van der Waals surface area contributed by atoms with Crippen molar-refractivity contribution in [3.63, 3.8) is 0 Å².